The molecule has 0 bridgehead atoms. The molecular weight excluding hydrogens is 354 g/mol. The number of nitrogens with zero attached hydrogens (tertiary/aromatic N) is 1. The molecule has 3 rings (SSSR count). The number of benzene rings is 2. The van der Waals surface area contributed by atoms with Gasteiger partial charge in [0, 0.05) is 5.69 Å². The summed E-state index contributed by atoms with van der Waals surface area (Å²) >= 11 is 0. The Hall–Kier alpha value is -3.54. The van der Waals surface area contributed by atoms with Crippen LogP contribution in [0.5, 0.6) is 11.5 Å². The molecule has 1 heterocycles. The first-order valence-corrected chi connectivity index (χ1v) is 9.05. The number of rotatable bonds is 8. The molecule has 1 aromatic heterocycles. The average molecular weight is 377 g/mol. The van der Waals surface area contributed by atoms with E-state index in [1.165, 1.54) is 0 Å². The second-order valence-electron chi connectivity index (χ2n) is 6.09. The molecule has 0 aliphatic heterocycles. The summed E-state index contributed by atoms with van der Waals surface area (Å²) in [4.78, 5) is 16.5. The van der Waals surface area contributed by atoms with Crippen LogP contribution in [0.1, 0.15) is 12.5 Å². The van der Waals surface area contributed by atoms with Crippen molar-refractivity contribution in [2.75, 3.05) is 24.4 Å². The van der Waals surface area contributed by atoms with Crippen LogP contribution >= 0.6 is 0 Å². The van der Waals surface area contributed by atoms with Crippen LogP contribution in [-0.2, 0) is 11.2 Å². The molecule has 0 aliphatic rings. The third kappa shape index (κ3) is 5.48. The molecule has 2 N–H and O–H groups in total. The maximum Gasteiger partial charge on any atom is 0.228 e. The average Bonchev–Trinajstić information content (AvgIpc) is 2.72. The van der Waals surface area contributed by atoms with Gasteiger partial charge >= 0.3 is 0 Å². The summed E-state index contributed by atoms with van der Waals surface area (Å²) in [6.07, 6.45) is 1.92. The summed E-state index contributed by atoms with van der Waals surface area (Å²) < 4.78 is 10.5. The molecule has 0 spiro atoms. The minimum Gasteiger partial charge on any atom is -0.497 e. The summed E-state index contributed by atoms with van der Waals surface area (Å²) in [5, 5.41) is 6.07. The van der Waals surface area contributed by atoms with Gasteiger partial charge in [-0.15, -0.1) is 0 Å². The van der Waals surface area contributed by atoms with Gasteiger partial charge in [0.05, 0.1) is 32.0 Å². The summed E-state index contributed by atoms with van der Waals surface area (Å²) in [6, 6.07) is 18.7. The van der Waals surface area contributed by atoms with Crippen LogP contribution in [0.15, 0.2) is 66.9 Å². The van der Waals surface area contributed by atoms with Gasteiger partial charge in [-0.1, -0.05) is 12.1 Å². The van der Waals surface area contributed by atoms with Crippen LogP contribution in [0.3, 0.4) is 0 Å². The topological polar surface area (TPSA) is 72.5 Å². The van der Waals surface area contributed by atoms with E-state index in [0.717, 1.165) is 22.7 Å². The standard InChI is InChI=1S/C22H23N3O3/c1-3-28-20-11-6-17(7-12-20)24-21-13-8-18(15-23-21)25-22(26)14-16-4-9-19(27-2)10-5-16/h4-13,15H,3,14H2,1-2H3,(H,23,24)(H,25,26). The summed E-state index contributed by atoms with van der Waals surface area (Å²) in [7, 11) is 1.61. The Labute approximate surface area is 164 Å². The van der Waals surface area contributed by atoms with Crippen LogP contribution in [0.4, 0.5) is 17.2 Å². The van der Waals surface area contributed by atoms with E-state index in [0.29, 0.717) is 18.1 Å². The van der Waals surface area contributed by atoms with E-state index in [4.69, 9.17) is 9.47 Å². The molecule has 2 aromatic carbocycles. The molecule has 6 heteroatoms. The Morgan fingerprint density at radius 2 is 1.61 bits per heavy atom. The van der Waals surface area contributed by atoms with E-state index in [9.17, 15) is 4.79 Å². The summed E-state index contributed by atoms with van der Waals surface area (Å²) in [5.74, 6) is 2.19. The lowest BCUT2D eigenvalue weighted by atomic mass is 10.1. The van der Waals surface area contributed by atoms with Crippen molar-refractivity contribution in [1.29, 1.82) is 0 Å². The van der Waals surface area contributed by atoms with Gasteiger partial charge in [0.2, 0.25) is 5.91 Å². The van der Waals surface area contributed by atoms with Crippen LogP contribution < -0.4 is 20.1 Å². The first kappa shape index (κ1) is 19.2. The number of carbonyl (C=O) groups is 1. The van der Waals surface area contributed by atoms with E-state index in [-0.39, 0.29) is 12.3 Å². The fourth-order valence-corrected chi connectivity index (χ4v) is 2.62. The maximum atomic E-state index is 12.2. The summed E-state index contributed by atoms with van der Waals surface area (Å²) in [5.41, 5.74) is 2.48. The third-order valence-corrected chi connectivity index (χ3v) is 4.01. The Morgan fingerprint density at radius 1 is 0.929 bits per heavy atom. The van der Waals surface area contributed by atoms with Gasteiger partial charge in [-0.25, -0.2) is 4.98 Å². The molecule has 0 atom stereocenters. The first-order valence-electron chi connectivity index (χ1n) is 9.05. The molecule has 6 nitrogen and oxygen atoms in total. The van der Waals surface area contributed by atoms with Crippen LogP contribution in [0.2, 0.25) is 0 Å². The third-order valence-electron chi connectivity index (χ3n) is 4.01. The zero-order valence-corrected chi connectivity index (χ0v) is 15.9. The van der Waals surface area contributed by atoms with Gasteiger partial charge < -0.3 is 20.1 Å². The van der Waals surface area contributed by atoms with Crippen molar-refractivity contribution in [3.8, 4) is 11.5 Å². The maximum absolute atomic E-state index is 12.2. The van der Waals surface area contributed by atoms with Gasteiger partial charge in [0.1, 0.15) is 17.3 Å². The van der Waals surface area contributed by atoms with Gasteiger partial charge in [-0.05, 0) is 61.0 Å². The predicted molar refractivity (Wildman–Crippen MR) is 110 cm³/mol. The number of amides is 1. The molecule has 0 unspecified atom stereocenters. The normalized spacial score (nSPS) is 10.2. The van der Waals surface area contributed by atoms with Crippen molar-refractivity contribution >= 4 is 23.1 Å². The van der Waals surface area contributed by atoms with Crippen LogP contribution in [-0.4, -0.2) is 24.6 Å². The van der Waals surface area contributed by atoms with Gasteiger partial charge in [0.25, 0.3) is 0 Å². The second-order valence-corrected chi connectivity index (χ2v) is 6.09. The molecule has 28 heavy (non-hydrogen) atoms. The number of methoxy groups -OCH3 is 1. The molecule has 0 radical (unpaired) electrons. The number of ether oxygens (including phenoxy) is 2. The lowest BCUT2D eigenvalue weighted by Crippen LogP contribution is -2.14. The van der Waals surface area contributed by atoms with E-state index in [1.807, 2.05) is 67.6 Å². The molecule has 0 fully saturated rings. The van der Waals surface area contributed by atoms with Crippen molar-refractivity contribution < 1.29 is 14.3 Å². The van der Waals surface area contributed by atoms with Gasteiger partial charge in [-0.3, -0.25) is 4.79 Å². The van der Waals surface area contributed by atoms with Crippen molar-refractivity contribution in [2.45, 2.75) is 13.3 Å². The minimum absolute atomic E-state index is 0.0980. The number of nitrogens with one attached hydrogen (secondary N) is 2. The van der Waals surface area contributed by atoms with Crippen molar-refractivity contribution in [2.24, 2.45) is 0 Å². The fraction of sp³-hybridized carbons (Fsp3) is 0.182. The fourth-order valence-electron chi connectivity index (χ4n) is 2.62. The molecule has 144 valence electrons. The first-order chi connectivity index (χ1) is 13.7. The van der Waals surface area contributed by atoms with E-state index in [2.05, 4.69) is 15.6 Å². The predicted octanol–water partition coefficient (Wildman–Crippen LogP) is 4.41. The Morgan fingerprint density at radius 3 is 2.21 bits per heavy atom. The zero-order valence-electron chi connectivity index (χ0n) is 15.9. The van der Waals surface area contributed by atoms with E-state index in [1.54, 1.807) is 13.3 Å². The number of anilines is 3. The lowest BCUT2D eigenvalue weighted by Gasteiger charge is -2.09. The minimum atomic E-state index is -0.0980. The Bertz CT molecular complexity index is 892. The Balaban J connectivity index is 1.53. The van der Waals surface area contributed by atoms with E-state index < -0.39 is 0 Å². The van der Waals surface area contributed by atoms with Crippen molar-refractivity contribution in [1.82, 2.24) is 4.98 Å². The summed E-state index contributed by atoms with van der Waals surface area (Å²) in [6.45, 7) is 2.59. The lowest BCUT2D eigenvalue weighted by molar-refractivity contribution is -0.115. The highest BCUT2D eigenvalue weighted by Gasteiger charge is 2.05. The van der Waals surface area contributed by atoms with E-state index >= 15 is 0 Å². The number of hydrogen-bond acceptors (Lipinski definition) is 5. The molecule has 0 saturated heterocycles. The second kappa shape index (κ2) is 9.41. The van der Waals surface area contributed by atoms with Crippen LogP contribution in [0.25, 0.3) is 0 Å². The van der Waals surface area contributed by atoms with Crippen molar-refractivity contribution in [3.05, 3.63) is 72.4 Å². The van der Waals surface area contributed by atoms with Crippen molar-refractivity contribution in [3.63, 3.8) is 0 Å². The number of hydrogen-bond donors (Lipinski definition) is 2. The van der Waals surface area contributed by atoms with Gasteiger partial charge in [0.15, 0.2) is 0 Å². The molecule has 0 aliphatic carbocycles. The quantitative estimate of drug-likeness (QED) is 0.608. The highest BCUT2D eigenvalue weighted by atomic mass is 16.5. The highest BCUT2D eigenvalue weighted by molar-refractivity contribution is 5.92. The smallest absolute Gasteiger partial charge is 0.228 e. The molecule has 0 saturated carbocycles. The SMILES string of the molecule is CCOc1ccc(Nc2ccc(NC(=O)Cc3ccc(OC)cc3)cn2)cc1. The number of aromatic nitrogens is 1. The van der Waals surface area contributed by atoms with Gasteiger partial charge in [-0.2, -0.15) is 0 Å². The monoisotopic (exact) mass is 377 g/mol. The largest absolute Gasteiger partial charge is 0.497 e. The number of carbonyl (C=O) groups excluding carboxylic acids is 1. The molecule has 1 amide bonds. The highest BCUT2D eigenvalue weighted by Crippen LogP contribution is 2.20. The number of pyridine rings is 1. The molecular formula is C22H23N3O3. The zero-order chi connectivity index (χ0) is 19.8. The van der Waals surface area contributed by atoms with Crippen LogP contribution in [0, 0.1) is 0 Å². The Kier molecular flexibility index (Phi) is 6.46. The molecule has 3 aromatic rings.